The van der Waals surface area contributed by atoms with Gasteiger partial charge in [-0.2, -0.15) is 0 Å². The molecule has 4 aliphatic rings. The minimum absolute atomic E-state index is 0.0790. The van der Waals surface area contributed by atoms with Crippen molar-refractivity contribution in [2.75, 3.05) is 32.6 Å². The molecule has 0 amide bonds. The summed E-state index contributed by atoms with van der Waals surface area (Å²) in [6, 6.07) is 8.49. The van der Waals surface area contributed by atoms with Crippen LogP contribution in [0.15, 0.2) is 24.3 Å². The van der Waals surface area contributed by atoms with E-state index in [1.54, 1.807) is 0 Å². The Kier molecular flexibility index (Phi) is 6.79. The summed E-state index contributed by atoms with van der Waals surface area (Å²) in [6.45, 7) is 3.16. The Bertz CT molecular complexity index is 777. The highest BCUT2D eigenvalue weighted by atomic mass is 32.2. The van der Waals surface area contributed by atoms with Crippen molar-refractivity contribution in [3.05, 3.63) is 29.8 Å². The van der Waals surface area contributed by atoms with Crippen molar-refractivity contribution in [3.8, 4) is 5.75 Å². The quantitative estimate of drug-likeness (QED) is 0.794. The van der Waals surface area contributed by atoms with E-state index >= 15 is 0 Å². The van der Waals surface area contributed by atoms with Gasteiger partial charge in [-0.3, -0.25) is 4.90 Å². The second-order valence-corrected chi connectivity index (χ2v) is 10.6. The Morgan fingerprint density at radius 1 is 1.03 bits per heavy atom. The smallest absolute Gasteiger partial charge is 0.209 e. The SMILES string of the molecule is CS(=O)(=O)N[C@H]1CCCN2CCCOc3ccccc3[C@H]3CC[C@H](CC3)OC[C@@H]12. The Hall–Kier alpha value is -1.15. The number of hydrogen-bond donors (Lipinski definition) is 1. The molecule has 0 aromatic heterocycles. The molecule has 29 heavy (non-hydrogen) atoms. The van der Waals surface area contributed by atoms with Crippen molar-refractivity contribution in [3.63, 3.8) is 0 Å². The number of para-hydroxylation sites is 1. The summed E-state index contributed by atoms with van der Waals surface area (Å²) in [5.41, 5.74) is 1.34. The number of ether oxygens (including phenoxy) is 2. The molecule has 2 bridgehead atoms. The van der Waals surface area contributed by atoms with Crippen LogP contribution in [0.1, 0.15) is 56.4 Å². The number of rotatable bonds is 2. The molecule has 5 rings (SSSR count). The number of sulfonamides is 1. The number of nitrogens with one attached hydrogen (secondary N) is 1. The highest BCUT2D eigenvalue weighted by Gasteiger charge is 2.34. The van der Waals surface area contributed by atoms with Crippen LogP contribution in [0.25, 0.3) is 0 Å². The number of nitrogens with zero attached hydrogens (tertiary/aromatic N) is 1. The zero-order valence-electron chi connectivity index (χ0n) is 17.4. The third kappa shape index (κ3) is 5.51. The standard InChI is InChI=1S/C22H34N2O4S/c1-29(25,26)23-20-7-4-13-24-14-5-15-27-22-8-3-2-6-19(22)17-9-11-18(12-10-17)28-16-21(20)24/h2-3,6,8,17-18,20-21,23H,4-5,7,9-16H2,1H3/t17-,18+,20-,21-/m0/s1. The van der Waals surface area contributed by atoms with Gasteiger partial charge in [0.1, 0.15) is 5.75 Å². The highest BCUT2D eigenvalue weighted by Crippen LogP contribution is 2.38. The third-order valence-electron chi connectivity index (χ3n) is 6.64. The lowest BCUT2D eigenvalue weighted by Gasteiger charge is -2.42. The predicted octanol–water partition coefficient (Wildman–Crippen LogP) is 2.89. The van der Waals surface area contributed by atoms with Crippen LogP contribution < -0.4 is 9.46 Å². The van der Waals surface area contributed by atoms with E-state index in [1.807, 2.05) is 0 Å². The van der Waals surface area contributed by atoms with E-state index < -0.39 is 10.0 Å². The van der Waals surface area contributed by atoms with Crippen molar-refractivity contribution >= 4 is 10.0 Å². The molecular formula is C22H34N2O4S. The molecule has 0 spiro atoms. The monoisotopic (exact) mass is 422 g/mol. The average Bonchev–Trinajstić information content (AvgIpc) is 2.70. The second kappa shape index (κ2) is 9.33. The summed E-state index contributed by atoms with van der Waals surface area (Å²) in [5.74, 6) is 1.57. The molecule has 3 heterocycles. The number of hydrogen-bond acceptors (Lipinski definition) is 5. The largest absolute Gasteiger partial charge is 0.493 e. The average molecular weight is 423 g/mol. The van der Waals surface area contributed by atoms with Gasteiger partial charge in [0.25, 0.3) is 0 Å². The molecule has 1 saturated heterocycles. The molecule has 7 heteroatoms. The van der Waals surface area contributed by atoms with Gasteiger partial charge in [-0.15, -0.1) is 0 Å². The molecule has 2 fully saturated rings. The lowest BCUT2D eigenvalue weighted by atomic mass is 9.82. The maximum atomic E-state index is 11.9. The maximum Gasteiger partial charge on any atom is 0.209 e. The zero-order chi connectivity index (χ0) is 20.3. The molecule has 1 aromatic carbocycles. The fourth-order valence-corrected chi connectivity index (χ4v) is 6.04. The Balaban J connectivity index is 1.51. The topological polar surface area (TPSA) is 67.9 Å². The Labute approximate surface area is 175 Å². The van der Waals surface area contributed by atoms with Crippen LogP contribution in [0.4, 0.5) is 0 Å². The van der Waals surface area contributed by atoms with Crippen molar-refractivity contribution in [1.29, 1.82) is 0 Å². The number of fused-ring (bicyclic) bond motifs is 6. The normalized spacial score (nSPS) is 31.9. The van der Waals surface area contributed by atoms with E-state index in [-0.39, 0.29) is 18.2 Å². The van der Waals surface area contributed by atoms with Gasteiger partial charge in [-0.1, -0.05) is 18.2 Å². The van der Waals surface area contributed by atoms with Crippen LogP contribution in [-0.2, 0) is 14.8 Å². The van der Waals surface area contributed by atoms with Gasteiger partial charge in [-0.25, -0.2) is 13.1 Å². The molecule has 1 aliphatic carbocycles. The summed E-state index contributed by atoms with van der Waals surface area (Å²) < 4.78 is 39.2. The highest BCUT2D eigenvalue weighted by molar-refractivity contribution is 7.88. The molecule has 1 N–H and O–H groups in total. The van der Waals surface area contributed by atoms with Gasteiger partial charge >= 0.3 is 0 Å². The van der Waals surface area contributed by atoms with E-state index in [9.17, 15) is 8.42 Å². The predicted molar refractivity (Wildman–Crippen MR) is 114 cm³/mol. The van der Waals surface area contributed by atoms with Gasteiger partial charge in [-0.05, 0) is 69.0 Å². The summed E-state index contributed by atoms with van der Waals surface area (Å²) in [4.78, 5) is 2.40. The summed E-state index contributed by atoms with van der Waals surface area (Å²) in [5, 5.41) is 0. The van der Waals surface area contributed by atoms with Crippen LogP contribution in [-0.4, -0.2) is 64.1 Å². The van der Waals surface area contributed by atoms with Crippen LogP contribution >= 0.6 is 0 Å². The maximum absolute atomic E-state index is 11.9. The molecule has 1 aromatic rings. The lowest BCUT2D eigenvalue weighted by molar-refractivity contribution is -0.0288. The first-order valence-electron chi connectivity index (χ1n) is 11.0. The second-order valence-electron chi connectivity index (χ2n) is 8.79. The minimum Gasteiger partial charge on any atom is -0.493 e. The molecule has 0 unspecified atom stereocenters. The van der Waals surface area contributed by atoms with Gasteiger partial charge in [0.15, 0.2) is 0 Å². The van der Waals surface area contributed by atoms with Crippen molar-refractivity contribution in [2.45, 2.75) is 69.1 Å². The third-order valence-corrected chi connectivity index (χ3v) is 7.37. The van der Waals surface area contributed by atoms with E-state index in [0.29, 0.717) is 19.1 Å². The zero-order valence-corrected chi connectivity index (χ0v) is 18.2. The first-order chi connectivity index (χ1) is 14.0. The molecule has 6 nitrogen and oxygen atoms in total. The van der Waals surface area contributed by atoms with E-state index in [4.69, 9.17) is 9.47 Å². The van der Waals surface area contributed by atoms with E-state index in [0.717, 1.165) is 63.8 Å². The van der Waals surface area contributed by atoms with Gasteiger partial charge < -0.3 is 9.47 Å². The molecule has 3 aliphatic heterocycles. The van der Waals surface area contributed by atoms with Gasteiger partial charge in [0, 0.05) is 18.6 Å². The summed E-state index contributed by atoms with van der Waals surface area (Å²) in [7, 11) is -3.24. The van der Waals surface area contributed by atoms with Gasteiger partial charge in [0.05, 0.1) is 25.6 Å². The summed E-state index contributed by atoms with van der Waals surface area (Å²) >= 11 is 0. The fourth-order valence-electron chi connectivity index (χ4n) is 5.21. The number of piperidine rings is 1. The first kappa shape index (κ1) is 21.1. The molecule has 162 valence electrons. The Morgan fingerprint density at radius 3 is 2.59 bits per heavy atom. The van der Waals surface area contributed by atoms with Crippen LogP contribution in [0.2, 0.25) is 0 Å². The van der Waals surface area contributed by atoms with Crippen molar-refractivity contribution in [1.82, 2.24) is 9.62 Å². The van der Waals surface area contributed by atoms with Crippen molar-refractivity contribution < 1.29 is 17.9 Å². The van der Waals surface area contributed by atoms with Crippen LogP contribution in [0.5, 0.6) is 5.75 Å². The summed E-state index contributed by atoms with van der Waals surface area (Å²) in [6.07, 6.45) is 8.64. The first-order valence-corrected chi connectivity index (χ1v) is 12.9. The molecule has 1 saturated carbocycles. The lowest BCUT2D eigenvalue weighted by Crippen LogP contribution is -2.57. The van der Waals surface area contributed by atoms with E-state index in [2.05, 4.69) is 33.9 Å². The van der Waals surface area contributed by atoms with Crippen LogP contribution in [0.3, 0.4) is 0 Å². The number of benzene rings is 1. The Morgan fingerprint density at radius 2 is 1.79 bits per heavy atom. The van der Waals surface area contributed by atoms with Crippen molar-refractivity contribution in [2.24, 2.45) is 0 Å². The molecule has 2 atom stereocenters. The van der Waals surface area contributed by atoms with Crippen LogP contribution in [0, 0.1) is 0 Å². The van der Waals surface area contributed by atoms with E-state index in [1.165, 1.54) is 11.8 Å². The van der Waals surface area contributed by atoms with Gasteiger partial charge in [0.2, 0.25) is 10.0 Å². The molecular weight excluding hydrogens is 388 g/mol. The fraction of sp³-hybridized carbons (Fsp3) is 0.727. The minimum atomic E-state index is -3.24. The molecule has 0 radical (unpaired) electrons.